The molecule has 0 aromatic heterocycles. The quantitative estimate of drug-likeness (QED) is 0.103. The highest BCUT2D eigenvalue weighted by atomic mass is 32.2. The summed E-state index contributed by atoms with van der Waals surface area (Å²) >= 11 is 0.896. The molecule has 276 valence electrons. The molecule has 2 heterocycles. The average molecular weight is 723 g/mol. The number of carbonyl (C=O) groups excluding carboxylic acids is 9. The Balaban J connectivity index is 2.83. The second kappa shape index (κ2) is 18.7. The van der Waals surface area contributed by atoms with E-state index in [1.165, 1.54) is 25.3 Å². The van der Waals surface area contributed by atoms with Gasteiger partial charge in [0.25, 0.3) is 5.91 Å². The molecule has 0 aromatic carbocycles. The molecule has 20 heteroatoms. The fourth-order valence-corrected chi connectivity index (χ4v) is 5.79. The molecule has 1 saturated heterocycles. The topological polar surface area (TPSA) is 316 Å². The van der Waals surface area contributed by atoms with Crippen LogP contribution >= 0.6 is 11.8 Å². The van der Waals surface area contributed by atoms with Gasteiger partial charge in [0.15, 0.2) is 0 Å². The van der Waals surface area contributed by atoms with E-state index in [9.17, 15) is 43.2 Å². The first kappa shape index (κ1) is 41.2. The Morgan fingerprint density at radius 2 is 1.66 bits per heavy atom. The maximum Gasteiger partial charge on any atom is 0.268 e. The van der Waals surface area contributed by atoms with Gasteiger partial charge in [-0.3, -0.25) is 43.2 Å². The SMILES string of the molecule is C/C=C1\NC(=O)C(NC(=O)[C@H](C)N)CC2(CS/C=C\NC(=O)[C@H](CC(N)=O)NC(=O)[C@H](CCC(N)=O)NC2=O)NC(=O)[C@H]([C@@H](C)CC)NC1=O. The zero-order chi connectivity index (χ0) is 37.8. The van der Waals surface area contributed by atoms with Crippen LogP contribution in [0.2, 0.25) is 0 Å². The summed E-state index contributed by atoms with van der Waals surface area (Å²) in [5.41, 5.74) is 14.0. The van der Waals surface area contributed by atoms with E-state index in [0.717, 1.165) is 18.0 Å². The Bertz CT molecular complexity index is 1440. The molecule has 50 heavy (non-hydrogen) atoms. The lowest BCUT2D eigenvalue weighted by molar-refractivity contribution is -0.139. The Morgan fingerprint density at radius 3 is 2.24 bits per heavy atom. The Morgan fingerprint density at radius 1 is 0.980 bits per heavy atom. The van der Waals surface area contributed by atoms with Crippen LogP contribution in [-0.4, -0.2) is 94.7 Å². The number of allylic oxidation sites excluding steroid dienone is 1. The van der Waals surface area contributed by atoms with E-state index in [2.05, 4.69) is 37.2 Å². The number of rotatable bonds is 9. The molecule has 0 saturated carbocycles. The van der Waals surface area contributed by atoms with Crippen LogP contribution in [0.5, 0.6) is 0 Å². The van der Waals surface area contributed by atoms with E-state index >= 15 is 0 Å². The van der Waals surface area contributed by atoms with Crippen LogP contribution in [0.15, 0.2) is 23.4 Å². The maximum atomic E-state index is 14.5. The first-order valence-electron chi connectivity index (χ1n) is 15.9. The molecule has 2 aliphatic rings. The van der Waals surface area contributed by atoms with Crippen molar-refractivity contribution in [2.45, 2.75) is 95.5 Å². The largest absolute Gasteiger partial charge is 0.370 e. The van der Waals surface area contributed by atoms with Crippen molar-refractivity contribution in [2.75, 3.05) is 5.75 Å². The number of primary amides is 2. The molecule has 1 fully saturated rings. The van der Waals surface area contributed by atoms with Crippen LogP contribution in [0, 0.1) is 5.92 Å². The summed E-state index contributed by atoms with van der Waals surface area (Å²) in [7, 11) is 0. The summed E-state index contributed by atoms with van der Waals surface area (Å²) in [6.45, 7) is 6.29. The molecular formula is C30H46N10O9S. The van der Waals surface area contributed by atoms with Crippen LogP contribution in [0.3, 0.4) is 0 Å². The number of carbonyl (C=O) groups is 9. The minimum Gasteiger partial charge on any atom is -0.370 e. The van der Waals surface area contributed by atoms with Crippen molar-refractivity contribution in [2.24, 2.45) is 23.1 Å². The van der Waals surface area contributed by atoms with Gasteiger partial charge in [0.05, 0.1) is 12.5 Å². The number of hydrogen-bond donors (Lipinski definition) is 10. The van der Waals surface area contributed by atoms with Gasteiger partial charge in [-0.2, -0.15) is 0 Å². The highest BCUT2D eigenvalue weighted by molar-refractivity contribution is 8.02. The van der Waals surface area contributed by atoms with Crippen LogP contribution < -0.4 is 54.4 Å². The minimum absolute atomic E-state index is 0.228. The van der Waals surface area contributed by atoms with E-state index in [-0.39, 0.29) is 17.9 Å². The number of nitrogens with one attached hydrogen (secondary N) is 7. The smallest absolute Gasteiger partial charge is 0.268 e. The standard InChI is InChI=1S/C30H46N10O9S/c1-5-14(3)22-28(48)40-30(12-19(37-23(43)15(4)31)27(47)35-16(6-2)25(45)39-22)13-50-10-9-34-24(44)18(11-21(33)42)36-26(46)17(38-29(30)49)7-8-20(32)41/h6,9-10,14-15,17-19,22H,5,7-8,11-13,31H2,1-4H3,(H2,32,41)(H2,33,42)(H,34,44)(H,35,47)(H,36,46)(H,37,43)(H,38,49)(H,39,45)(H,40,48)/b10-9-,16-6-/t14-,15-,17-,18-,19?,22-,30?/m0/s1. The second-order valence-electron chi connectivity index (χ2n) is 12.0. The zero-order valence-corrected chi connectivity index (χ0v) is 29.1. The van der Waals surface area contributed by atoms with Gasteiger partial charge in [0.2, 0.25) is 47.3 Å². The fraction of sp³-hybridized carbons (Fsp3) is 0.567. The van der Waals surface area contributed by atoms with Gasteiger partial charge in [-0.1, -0.05) is 26.3 Å². The van der Waals surface area contributed by atoms with Crippen molar-refractivity contribution in [1.29, 1.82) is 0 Å². The molecule has 13 N–H and O–H groups in total. The van der Waals surface area contributed by atoms with Gasteiger partial charge >= 0.3 is 0 Å². The van der Waals surface area contributed by atoms with Gasteiger partial charge in [-0.15, -0.1) is 11.8 Å². The number of amides is 9. The van der Waals surface area contributed by atoms with Crippen molar-refractivity contribution in [3.05, 3.63) is 23.4 Å². The van der Waals surface area contributed by atoms with Crippen molar-refractivity contribution < 1.29 is 43.2 Å². The van der Waals surface area contributed by atoms with E-state index in [4.69, 9.17) is 17.2 Å². The van der Waals surface area contributed by atoms with Crippen LogP contribution in [0.4, 0.5) is 0 Å². The van der Waals surface area contributed by atoms with Gasteiger partial charge in [0, 0.05) is 24.8 Å². The van der Waals surface area contributed by atoms with Crippen molar-refractivity contribution in [3.8, 4) is 0 Å². The van der Waals surface area contributed by atoms with Crippen LogP contribution in [-0.2, 0) is 43.2 Å². The molecule has 0 radical (unpaired) electrons. The van der Waals surface area contributed by atoms with Gasteiger partial charge < -0.3 is 54.4 Å². The molecule has 2 unspecified atom stereocenters. The number of nitrogens with two attached hydrogens (primary N) is 3. The highest BCUT2D eigenvalue weighted by Gasteiger charge is 2.47. The van der Waals surface area contributed by atoms with Gasteiger partial charge in [0.1, 0.15) is 35.4 Å². The molecular weight excluding hydrogens is 676 g/mol. The normalized spacial score (nSPS) is 28.3. The fourth-order valence-electron chi connectivity index (χ4n) is 4.93. The second-order valence-corrected chi connectivity index (χ2v) is 12.9. The monoisotopic (exact) mass is 722 g/mol. The molecule has 0 bridgehead atoms. The maximum absolute atomic E-state index is 14.5. The van der Waals surface area contributed by atoms with Crippen molar-refractivity contribution in [3.63, 3.8) is 0 Å². The van der Waals surface area contributed by atoms with E-state index in [0.29, 0.717) is 6.42 Å². The number of thioether (sulfide) groups is 1. The molecule has 0 aliphatic carbocycles. The van der Waals surface area contributed by atoms with E-state index in [1.54, 1.807) is 13.8 Å². The first-order valence-corrected chi connectivity index (χ1v) is 16.9. The van der Waals surface area contributed by atoms with Crippen molar-refractivity contribution >= 4 is 64.9 Å². The molecule has 9 amide bonds. The highest BCUT2D eigenvalue weighted by Crippen LogP contribution is 2.25. The third-order valence-electron chi connectivity index (χ3n) is 8.03. The predicted molar refractivity (Wildman–Crippen MR) is 180 cm³/mol. The summed E-state index contributed by atoms with van der Waals surface area (Å²) in [4.78, 5) is 118. The summed E-state index contributed by atoms with van der Waals surface area (Å²) in [5, 5.41) is 18.8. The van der Waals surface area contributed by atoms with E-state index < -0.39 is 114 Å². The molecule has 1 spiro atoms. The van der Waals surface area contributed by atoms with Crippen LogP contribution in [0.1, 0.15) is 59.8 Å². The lowest BCUT2D eigenvalue weighted by Gasteiger charge is -2.38. The Hall–Kier alpha value is -4.98. The average Bonchev–Trinajstić information content (AvgIpc) is 3.05. The predicted octanol–water partition coefficient (Wildman–Crippen LogP) is -3.93. The van der Waals surface area contributed by atoms with Gasteiger partial charge in [-0.05, 0) is 31.6 Å². The summed E-state index contributed by atoms with van der Waals surface area (Å²) in [6.07, 6.45) is 0.832. The molecule has 7 atom stereocenters. The lowest BCUT2D eigenvalue weighted by atomic mass is 9.88. The van der Waals surface area contributed by atoms with E-state index in [1.807, 2.05) is 0 Å². The zero-order valence-electron chi connectivity index (χ0n) is 28.3. The lowest BCUT2D eigenvalue weighted by Crippen LogP contribution is -2.68. The van der Waals surface area contributed by atoms with Gasteiger partial charge in [-0.25, -0.2) is 0 Å². The molecule has 0 aromatic rings. The molecule has 2 aliphatic heterocycles. The summed E-state index contributed by atoms with van der Waals surface area (Å²) in [6, 6.07) is -6.99. The third-order valence-corrected chi connectivity index (χ3v) is 9.02. The molecule has 2 rings (SSSR count). The number of hydrogen-bond acceptors (Lipinski definition) is 11. The Kier molecular flexibility index (Phi) is 15.4. The van der Waals surface area contributed by atoms with Crippen molar-refractivity contribution in [1.82, 2.24) is 37.2 Å². The van der Waals surface area contributed by atoms with Crippen LogP contribution in [0.25, 0.3) is 0 Å². The summed E-state index contributed by atoms with van der Waals surface area (Å²) < 4.78 is 0. The summed E-state index contributed by atoms with van der Waals surface area (Å²) in [5.74, 6) is -8.84. The third kappa shape index (κ3) is 11.6. The molecule has 19 nitrogen and oxygen atoms in total. The first-order chi connectivity index (χ1) is 23.4. The minimum atomic E-state index is -2.13. The Labute approximate surface area is 292 Å².